The number of fused-ring (bicyclic) bond motifs is 1. The van der Waals surface area contributed by atoms with Gasteiger partial charge in [-0.25, -0.2) is 4.98 Å². The molecule has 0 aromatic carbocycles. The first kappa shape index (κ1) is 11.4. The van der Waals surface area contributed by atoms with Gasteiger partial charge in [0.1, 0.15) is 11.5 Å². The molecule has 0 atom stereocenters. The zero-order valence-electron chi connectivity index (χ0n) is 9.45. The third-order valence-electron chi connectivity index (χ3n) is 3.12. The van der Waals surface area contributed by atoms with Crippen molar-refractivity contribution >= 4 is 27.3 Å². The second kappa shape index (κ2) is 4.55. The Bertz CT molecular complexity index is 544. The second-order valence-electron chi connectivity index (χ2n) is 4.25. The van der Waals surface area contributed by atoms with E-state index in [9.17, 15) is 0 Å². The van der Waals surface area contributed by atoms with E-state index in [1.54, 1.807) is 11.3 Å². The van der Waals surface area contributed by atoms with Crippen LogP contribution < -0.4 is 5.73 Å². The first-order valence-electron chi connectivity index (χ1n) is 5.82. The summed E-state index contributed by atoms with van der Waals surface area (Å²) in [6.45, 7) is 1.77. The molecular weight excluding hydrogens is 298 g/mol. The molecule has 1 aliphatic rings. The minimum atomic E-state index is 0.671. The number of aromatic nitrogens is 2. The van der Waals surface area contributed by atoms with Crippen LogP contribution in [-0.2, 0) is 19.4 Å². The van der Waals surface area contributed by atoms with E-state index in [0.717, 1.165) is 29.7 Å². The van der Waals surface area contributed by atoms with Gasteiger partial charge in [-0.15, -0.1) is 11.3 Å². The lowest BCUT2D eigenvalue weighted by molar-refractivity contribution is 0.685. The van der Waals surface area contributed by atoms with Gasteiger partial charge >= 0.3 is 0 Å². The van der Waals surface area contributed by atoms with Gasteiger partial charge in [-0.2, -0.15) is 0 Å². The van der Waals surface area contributed by atoms with Gasteiger partial charge in [0.2, 0.25) is 0 Å². The van der Waals surface area contributed by atoms with Crippen LogP contribution in [0.3, 0.4) is 0 Å². The monoisotopic (exact) mass is 311 g/mol. The lowest BCUT2D eigenvalue weighted by atomic mass is 10.2. The van der Waals surface area contributed by atoms with Crippen molar-refractivity contribution in [3.8, 4) is 10.6 Å². The molecule has 17 heavy (non-hydrogen) atoms. The van der Waals surface area contributed by atoms with Crippen LogP contribution in [0.15, 0.2) is 15.9 Å². The van der Waals surface area contributed by atoms with Crippen LogP contribution in [-0.4, -0.2) is 16.1 Å². The van der Waals surface area contributed by atoms with Crippen molar-refractivity contribution in [1.29, 1.82) is 0 Å². The molecule has 0 bridgehead atoms. The fraction of sp³-hybridized carbons (Fsp3) is 0.417. The average molecular weight is 312 g/mol. The second-order valence-corrected chi connectivity index (χ2v) is 6.07. The van der Waals surface area contributed by atoms with Gasteiger partial charge in [0.25, 0.3) is 0 Å². The largest absolute Gasteiger partial charge is 0.331 e. The van der Waals surface area contributed by atoms with Crippen LogP contribution in [0.25, 0.3) is 10.6 Å². The number of nitrogens with zero attached hydrogens (tertiary/aromatic N) is 2. The highest BCUT2D eigenvalue weighted by molar-refractivity contribution is 9.10. The maximum absolute atomic E-state index is 5.65. The maximum Gasteiger partial charge on any atom is 0.110 e. The molecule has 90 valence electrons. The van der Waals surface area contributed by atoms with E-state index in [2.05, 4.69) is 31.9 Å². The smallest absolute Gasteiger partial charge is 0.110 e. The van der Waals surface area contributed by atoms with Gasteiger partial charge < -0.3 is 10.3 Å². The Balaban J connectivity index is 2.08. The van der Waals surface area contributed by atoms with Crippen LogP contribution in [0.4, 0.5) is 0 Å². The lowest BCUT2D eigenvalue weighted by Crippen LogP contribution is -2.08. The Labute approximate surface area is 113 Å². The summed E-state index contributed by atoms with van der Waals surface area (Å²) in [7, 11) is 0. The molecule has 2 N–H and O–H groups in total. The minimum Gasteiger partial charge on any atom is -0.331 e. The van der Waals surface area contributed by atoms with Gasteiger partial charge in [-0.05, 0) is 41.4 Å². The van der Waals surface area contributed by atoms with Gasteiger partial charge in [0, 0.05) is 28.5 Å². The highest BCUT2D eigenvalue weighted by atomic mass is 79.9. The molecule has 5 heteroatoms. The molecule has 0 fully saturated rings. The summed E-state index contributed by atoms with van der Waals surface area (Å²) >= 11 is 5.25. The molecular formula is C12H14BrN3S. The number of hydrogen-bond acceptors (Lipinski definition) is 3. The molecule has 2 aromatic rings. The molecule has 3 nitrogen and oxygen atoms in total. The normalized spacial score (nSPS) is 14.2. The summed E-state index contributed by atoms with van der Waals surface area (Å²) < 4.78 is 3.49. The molecule has 0 radical (unpaired) electrons. The summed E-state index contributed by atoms with van der Waals surface area (Å²) in [5, 5.41) is 2.11. The third kappa shape index (κ3) is 1.96. The highest BCUT2D eigenvalue weighted by Crippen LogP contribution is 2.34. The molecule has 0 amide bonds. The molecule has 3 rings (SSSR count). The quantitative estimate of drug-likeness (QED) is 0.947. The summed E-state index contributed by atoms with van der Waals surface area (Å²) in [6, 6.07) is 2.15. The fourth-order valence-electron chi connectivity index (χ4n) is 2.41. The van der Waals surface area contributed by atoms with E-state index in [-0.39, 0.29) is 0 Å². The first-order chi connectivity index (χ1) is 8.29. The predicted molar refractivity (Wildman–Crippen MR) is 74.3 cm³/mol. The Morgan fingerprint density at radius 3 is 3.12 bits per heavy atom. The van der Waals surface area contributed by atoms with Crippen molar-refractivity contribution in [2.45, 2.75) is 25.8 Å². The standard InChI is InChI=1S/C12H14BrN3S/c13-8-6-10(17-7-8)12-9-2-1-5-16(9)11(15-12)3-4-14/h6-7H,1-5,14H2. The number of imidazole rings is 1. The third-order valence-corrected chi connectivity index (χ3v) is 4.81. The van der Waals surface area contributed by atoms with E-state index in [1.807, 2.05) is 0 Å². The Morgan fingerprint density at radius 2 is 2.41 bits per heavy atom. The van der Waals surface area contributed by atoms with Crippen molar-refractivity contribution in [2.24, 2.45) is 5.73 Å². The van der Waals surface area contributed by atoms with Crippen LogP contribution in [0.2, 0.25) is 0 Å². The average Bonchev–Trinajstić information content (AvgIpc) is 2.96. The summed E-state index contributed by atoms with van der Waals surface area (Å²) in [5.41, 5.74) is 8.21. The predicted octanol–water partition coefficient (Wildman–Crippen LogP) is 2.82. The number of hydrogen-bond donors (Lipinski definition) is 1. The lowest BCUT2D eigenvalue weighted by Gasteiger charge is -2.00. The molecule has 0 saturated carbocycles. The van der Waals surface area contributed by atoms with E-state index < -0.39 is 0 Å². The van der Waals surface area contributed by atoms with Gasteiger partial charge in [0.15, 0.2) is 0 Å². The topological polar surface area (TPSA) is 43.8 Å². The Morgan fingerprint density at radius 1 is 1.53 bits per heavy atom. The number of nitrogens with two attached hydrogens (primary N) is 1. The molecule has 0 unspecified atom stereocenters. The SMILES string of the molecule is NCCc1nc(-c2cc(Br)cs2)c2n1CCC2. The van der Waals surface area contributed by atoms with E-state index in [1.165, 1.54) is 22.7 Å². The first-order valence-corrected chi connectivity index (χ1v) is 7.49. The summed E-state index contributed by atoms with van der Waals surface area (Å²) in [5.74, 6) is 1.15. The van der Waals surface area contributed by atoms with E-state index in [4.69, 9.17) is 10.7 Å². The highest BCUT2D eigenvalue weighted by Gasteiger charge is 2.22. The van der Waals surface area contributed by atoms with Crippen LogP contribution in [0, 0.1) is 0 Å². The van der Waals surface area contributed by atoms with Crippen LogP contribution in [0.5, 0.6) is 0 Å². The van der Waals surface area contributed by atoms with Crippen molar-refractivity contribution < 1.29 is 0 Å². The number of halogens is 1. The molecule has 0 saturated heterocycles. The maximum atomic E-state index is 5.65. The van der Waals surface area contributed by atoms with Gasteiger partial charge in [-0.3, -0.25) is 0 Å². The summed E-state index contributed by atoms with van der Waals surface area (Å²) in [6.07, 6.45) is 3.25. The zero-order chi connectivity index (χ0) is 11.8. The number of thiophene rings is 1. The van der Waals surface area contributed by atoms with Crippen LogP contribution in [0.1, 0.15) is 17.9 Å². The Kier molecular flexibility index (Phi) is 3.06. The molecule has 0 aliphatic carbocycles. The van der Waals surface area contributed by atoms with Gasteiger partial charge in [-0.1, -0.05) is 0 Å². The van der Waals surface area contributed by atoms with Crippen molar-refractivity contribution in [3.63, 3.8) is 0 Å². The zero-order valence-corrected chi connectivity index (χ0v) is 11.9. The van der Waals surface area contributed by atoms with E-state index >= 15 is 0 Å². The molecule has 1 aliphatic heterocycles. The van der Waals surface area contributed by atoms with Crippen LogP contribution >= 0.6 is 27.3 Å². The summed E-state index contributed by atoms with van der Waals surface area (Å²) in [4.78, 5) is 6.03. The Hall–Kier alpha value is -0.650. The molecule has 3 heterocycles. The van der Waals surface area contributed by atoms with Crippen molar-refractivity contribution in [1.82, 2.24) is 9.55 Å². The fourth-order valence-corrected chi connectivity index (χ4v) is 3.85. The minimum absolute atomic E-state index is 0.671. The van der Waals surface area contributed by atoms with Crippen molar-refractivity contribution in [2.75, 3.05) is 6.54 Å². The van der Waals surface area contributed by atoms with E-state index in [0.29, 0.717) is 6.54 Å². The number of rotatable bonds is 3. The molecule has 0 spiro atoms. The van der Waals surface area contributed by atoms with Gasteiger partial charge in [0.05, 0.1) is 4.88 Å². The van der Waals surface area contributed by atoms with Crippen molar-refractivity contribution in [3.05, 3.63) is 27.4 Å². The molecule has 2 aromatic heterocycles.